The number of aliphatic hydroxyl groups is 1. The van der Waals surface area contributed by atoms with Gasteiger partial charge in [-0.25, -0.2) is 4.39 Å². The highest BCUT2D eigenvalue weighted by atomic mass is 19.1. The lowest BCUT2D eigenvalue weighted by atomic mass is 9.57. The van der Waals surface area contributed by atoms with Gasteiger partial charge in [-0.05, 0) is 77.8 Å². The fourth-order valence-corrected chi connectivity index (χ4v) is 5.20. The molecule has 2 amide bonds. The number of carbonyl (C=O) groups excluding carboxylic acids is 2. The third kappa shape index (κ3) is 4.78. The number of primary amides is 1. The topological polar surface area (TPSA) is 136 Å². The number of carbonyl (C=O) groups is 2. The van der Waals surface area contributed by atoms with Gasteiger partial charge in [0.05, 0.1) is 6.54 Å². The van der Waals surface area contributed by atoms with Crippen molar-refractivity contribution in [1.29, 1.82) is 0 Å². The van der Waals surface area contributed by atoms with E-state index in [0.29, 0.717) is 30.3 Å². The van der Waals surface area contributed by atoms with Crippen molar-refractivity contribution >= 4 is 11.8 Å². The van der Waals surface area contributed by atoms with Gasteiger partial charge in [0, 0.05) is 18.7 Å². The van der Waals surface area contributed by atoms with Gasteiger partial charge in [-0.2, -0.15) is 4.80 Å². The molecule has 1 aromatic heterocycles. The average Bonchev–Trinajstić information content (AvgIpc) is 3.53. The second-order valence-electron chi connectivity index (χ2n) is 9.50. The van der Waals surface area contributed by atoms with Crippen LogP contribution in [0.2, 0.25) is 0 Å². The number of likely N-dealkylation sites (tertiary alicyclic amines) is 1. The van der Waals surface area contributed by atoms with Crippen LogP contribution in [0.4, 0.5) is 4.39 Å². The smallest absolute Gasteiger partial charge is 0.290 e. The average molecular weight is 495 g/mol. The molecule has 10 nitrogen and oxygen atoms in total. The first-order chi connectivity index (χ1) is 17.3. The fourth-order valence-electron chi connectivity index (χ4n) is 5.20. The molecule has 3 atom stereocenters. The number of nitrogens with two attached hydrogens (primary N) is 1. The van der Waals surface area contributed by atoms with Crippen LogP contribution < -0.4 is 10.5 Å². The lowest BCUT2D eigenvalue weighted by Crippen LogP contribution is -2.42. The number of rotatable bonds is 8. The molecule has 3 aromatic rings. The first-order valence-corrected chi connectivity index (χ1v) is 11.9. The maximum atomic E-state index is 13.3. The molecule has 1 spiro atoms. The number of aromatic nitrogens is 4. The zero-order valence-electron chi connectivity index (χ0n) is 19.6. The van der Waals surface area contributed by atoms with E-state index >= 15 is 0 Å². The van der Waals surface area contributed by atoms with Crippen molar-refractivity contribution < 1.29 is 23.8 Å². The normalized spacial score (nSPS) is 21.8. The maximum absolute atomic E-state index is 13.3. The summed E-state index contributed by atoms with van der Waals surface area (Å²) < 4.78 is 18.9. The van der Waals surface area contributed by atoms with Gasteiger partial charge >= 0.3 is 0 Å². The molecule has 1 aliphatic heterocycles. The number of nitrogens with zero attached hydrogens (tertiary/aromatic N) is 5. The van der Waals surface area contributed by atoms with Crippen LogP contribution in [0.25, 0.3) is 0 Å². The summed E-state index contributed by atoms with van der Waals surface area (Å²) >= 11 is 0. The Morgan fingerprint density at radius 1 is 1.17 bits per heavy atom. The van der Waals surface area contributed by atoms with Crippen LogP contribution in [0, 0.1) is 11.2 Å². The van der Waals surface area contributed by atoms with Gasteiger partial charge in [0.2, 0.25) is 0 Å². The van der Waals surface area contributed by atoms with Gasteiger partial charge in [-0.3, -0.25) is 9.59 Å². The van der Waals surface area contributed by atoms with Crippen LogP contribution in [0.5, 0.6) is 5.75 Å². The van der Waals surface area contributed by atoms with Gasteiger partial charge in [0.25, 0.3) is 17.6 Å². The zero-order chi connectivity index (χ0) is 25.3. The first-order valence-electron chi connectivity index (χ1n) is 11.9. The summed E-state index contributed by atoms with van der Waals surface area (Å²) in [5.74, 6) is -0.424. The largest absolute Gasteiger partial charge is 0.491 e. The highest BCUT2D eigenvalue weighted by Gasteiger charge is 2.52. The van der Waals surface area contributed by atoms with E-state index in [1.807, 2.05) is 17.0 Å². The van der Waals surface area contributed by atoms with E-state index in [2.05, 4.69) is 15.4 Å². The lowest BCUT2D eigenvalue weighted by molar-refractivity contribution is 0.0674. The predicted molar refractivity (Wildman–Crippen MR) is 126 cm³/mol. The molecule has 1 aliphatic carbocycles. The molecular weight excluding hydrogens is 467 g/mol. The molecule has 5 rings (SSSR count). The second-order valence-corrected chi connectivity index (χ2v) is 9.50. The van der Waals surface area contributed by atoms with Crippen LogP contribution in [-0.2, 0) is 6.54 Å². The van der Waals surface area contributed by atoms with Crippen molar-refractivity contribution in [3.63, 3.8) is 0 Å². The molecule has 3 N–H and O–H groups in total. The van der Waals surface area contributed by atoms with E-state index < -0.39 is 12.0 Å². The Kier molecular flexibility index (Phi) is 6.40. The minimum absolute atomic E-state index is 0.0214. The summed E-state index contributed by atoms with van der Waals surface area (Å²) in [5.41, 5.74) is 6.87. The van der Waals surface area contributed by atoms with Gasteiger partial charge in [-0.1, -0.05) is 12.1 Å². The van der Waals surface area contributed by atoms with E-state index in [1.165, 1.54) is 12.1 Å². The van der Waals surface area contributed by atoms with Gasteiger partial charge in [0.15, 0.2) is 0 Å². The summed E-state index contributed by atoms with van der Waals surface area (Å²) in [7, 11) is 0. The van der Waals surface area contributed by atoms with Gasteiger partial charge < -0.3 is 20.5 Å². The first kappa shape index (κ1) is 23.9. The Morgan fingerprint density at radius 3 is 2.56 bits per heavy atom. The molecule has 1 saturated carbocycles. The maximum Gasteiger partial charge on any atom is 0.290 e. The summed E-state index contributed by atoms with van der Waals surface area (Å²) in [4.78, 5) is 27.1. The van der Waals surface area contributed by atoms with Crippen molar-refractivity contribution in [2.24, 2.45) is 11.1 Å². The molecule has 2 heterocycles. The van der Waals surface area contributed by atoms with Crippen molar-refractivity contribution in [1.82, 2.24) is 25.1 Å². The quantitative estimate of drug-likeness (QED) is 0.487. The summed E-state index contributed by atoms with van der Waals surface area (Å²) in [6, 6.07) is 13.5. The molecule has 2 aromatic carbocycles. The van der Waals surface area contributed by atoms with Crippen LogP contribution in [0.15, 0.2) is 48.5 Å². The van der Waals surface area contributed by atoms with Crippen LogP contribution in [0.1, 0.15) is 51.7 Å². The van der Waals surface area contributed by atoms with E-state index in [1.54, 1.807) is 24.3 Å². The van der Waals surface area contributed by atoms with E-state index in [0.717, 1.165) is 29.6 Å². The van der Waals surface area contributed by atoms with Crippen molar-refractivity contribution in [2.45, 2.75) is 37.8 Å². The predicted octanol–water partition coefficient (Wildman–Crippen LogP) is 1.76. The number of amides is 2. The van der Waals surface area contributed by atoms with Crippen LogP contribution in [0.3, 0.4) is 0 Å². The highest BCUT2D eigenvalue weighted by molar-refractivity contribution is 5.94. The Labute approximate surface area is 206 Å². The number of tetrazole rings is 1. The molecule has 1 saturated heterocycles. The number of ether oxygens (including phenoxy) is 1. The van der Waals surface area contributed by atoms with Gasteiger partial charge in [0.1, 0.15) is 24.3 Å². The van der Waals surface area contributed by atoms with E-state index in [4.69, 9.17) is 10.5 Å². The SMILES string of the molecule is NC(=O)c1nnn(C[C@@H](O)COc2ccc(C(=O)N3CC[C@@]4(CCC4c4ccc(F)cc4)C3)cc2)n1. The number of aliphatic hydroxyl groups excluding tert-OH is 1. The number of hydrogen-bond acceptors (Lipinski definition) is 7. The van der Waals surface area contributed by atoms with Crippen molar-refractivity contribution in [3.8, 4) is 5.75 Å². The summed E-state index contributed by atoms with van der Waals surface area (Å²) in [5, 5.41) is 21.1. The Balaban J connectivity index is 1.13. The van der Waals surface area contributed by atoms with E-state index in [-0.39, 0.29) is 36.1 Å². The Morgan fingerprint density at radius 2 is 1.92 bits per heavy atom. The molecule has 11 heteroatoms. The zero-order valence-corrected chi connectivity index (χ0v) is 19.6. The molecule has 0 radical (unpaired) electrons. The fraction of sp³-hybridized carbons (Fsp3) is 0.400. The standard InChI is InChI=1S/C25H27FN6O4/c26-18-5-1-16(2-6-18)21-9-10-25(21)11-12-31(15-25)24(35)17-3-7-20(8-4-17)36-14-19(33)13-32-29-23(22(27)34)28-30-32/h1-8,19,21,33H,9-15H2,(H2,27,34)/t19-,21?,25+/m1/s1. The molecule has 1 unspecified atom stereocenters. The minimum atomic E-state index is -0.946. The molecule has 2 aliphatic rings. The Bertz CT molecular complexity index is 1250. The lowest BCUT2D eigenvalue weighted by Gasteiger charge is -2.47. The minimum Gasteiger partial charge on any atom is -0.491 e. The van der Waals surface area contributed by atoms with Gasteiger partial charge in [-0.15, -0.1) is 10.2 Å². The number of hydrogen-bond donors (Lipinski definition) is 2. The molecule has 0 bridgehead atoms. The highest BCUT2D eigenvalue weighted by Crippen LogP contribution is 2.58. The monoisotopic (exact) mass is 494 g/mol. The van der Waals surface area contributed by atoms with Crippen molar-refractivity contribution in [2.75, 3.05) is 19.7 Å². The molecule has 2 fully saturated rings. The summed E-state index contributed by atoms with van der Waals surface area (Å²) in [6.07, 6.45) is 2.13. The van der Waals surface area contributed by atoms with Crippen LogP contribution in [-0.4, -0.2) is 67.8 Å². The second kappa shape index (κ2) is 9.65. The summed E-state index contributed by atoms with van der Waals surface area (Å²) in [6.45, 7) is 1.34. The third-order valence-electron chi connectivity index (χ3n) is 7.21. The number of halogens is 1. The molecule has 188 valence electrons. The van der Waals surface area contributed by atoms with E-state index in [9.17, 15) is 19.1 Å². The van der Waals surface area contributed by atoms with Crippen LogP contribution >= 0.6 is 0 Å². The van der Waals surface area contributed by atoms with Crippen molar-refractivity contribution in [3.05, 3.63) is 71.3 Å². The number of benzene rings is 2. The third-order valence-corrected chi connectivity index (χ3v) is 7.21. The Hall–Kier alpha value is -3.86. The molecular formula is C25H27FN6O4. The molecule has 36 heavy (non-hydrogen) atoms.